The fourth-order valence-electron chi connectivity index (χ4n) is 3.96. The van der Waals surface area contributed by atoms with E-state index in [-0.39, 0.29) is 11.7 Å². The van der Waals surface area contributed by atoms with Gasteiger partial charge in [0.2, 0.25) is 0 Å². The van der Waals surface area contributed by atoms with E-state index in [1.807, 2.05) is 49.4 Å². The third-order valence-electron chi connectivity index (χ3n) is 5.67. The molecular weight excluding hydrogens is 395 g/mol. The number of carboxylic acids is 1. The third kappa shape index (κ3) is 4.88. The summed E-state index contributed by atoms with van der Waals surface area (Å²) in [5.41, 5.74) is 4.52. The highest BCUT2D eigenvalue weighted by atomic mass is 19.1. The van der Waals surface area contributed by atoms with Crippen LogP contribution in [0.3, 0.4) is 0 Å². The van der Waals surface area contributed by atoms with Crippen molar-refractivity contribution in [3.05, 3.63) is 83.2 Å². The largest absolute Gasteiger partial charge is 0.494 e. The molecule has 0 spiro atoms. The number of carboxylic acid groups (broad SMARTS) is 1. The fraction of sp³-hybridized carbons (Fsp3) is 0.269. The van der Waals surface area contributed by atoms with Crippen molar-refractivity contribution in [2.24, 2.45) is 5.92 Å². The van der Waals surface area contributed by atoms with Crippen LogP contribution in [0.2, 0.25) is 0 Å². The van der Waals surface area contributed by atoms with Crippen LogP contribution in [0.25, 0.3) is 11.1 Å². The molecular formula is C26H25FO4. The Labute approximate surface area is 181 Å². The molecule has 0 heterocycles. The van der Waals surface area contributed by atoms with Crippen molar-refractivity contribution in [3.63, 3.8) is 0 Å². The van der Waals surface area contributed by atoms with Crippen LogP contribution in [-0.4, -0.2) is 17.7 Å². The standard InChI is InChI=1S/C26H25FO4/c1-2-30-23-11-12-25(27)24(15-23)18-5-3-17(4-6-18)16-31-22-10-9-19-13-21(26(28)29)8-7-20(19)14-22/h3-6,9-12,14-15,21H,2,7-8,13,16H2,1H3,(H,28,29). The molecule has 4 rings (SSSR count). The first-order valence-electron chi connectivity index (χ1n) is 10.5. The van der Waals surface area contributed by atoms with Gasteiger partial charge in [-0.15, -0.1) is 0 Å². The summed E-state index contributed by atoms with van der Waals surface area (Å²) in [7, 11) is 0. The second-order valence-electron chi connectivity index (χ2n) is 7.77. The van der Waals surface area contributed by atoms with Gasteiger partial charge in [-0.2, -0.15) is 0 Å². The summed E-state index contributed by atoms with van der Waals surface area (Å²) < 4.78 is 25.7. The Morgan fingerprint density at radius 1 is 1.00 bits per heavy atom. The molecule has 0 fully saturated rings. The summed E-state index contributed by atoms with van der Waals surface area (Å²) in [5, 5.41) is 9.22. The lowest BCUT2D eigenvalue weighted by Crippen LogP contribution is -2.22. The van der Waals surface area contributed by atoms with Crippen LogP contribution in [-0.2, 0) is 24.2 Å². The lowest BCUT2D eigenvalue weighted by molar-refractivity contribution is -0.142. The number of halogens is 1. The van der Waals surface area contributed by atoms with E-state index in [4.69, 9.17) is 9.47 Å². The van der Waals surface area contributed by atoms with Gasteiger partial charge in [-0.3, -0.25) is 4.79 Å². The van der Waals surface area contributed by atoms with E-state index < -0.39 is 5.97 Å². The van der Waals surface area contributed by atoms with Gasteiger partial charge in [-0.05, 0) is 78.8 Å². The first-order chi connectivity index (χ1) is 15.0. The topological polar surface area (TPSA) is 55.8 Å². The Bertz CT molecular complexity index is 1080. The molecule has 1 aliphatic rings. The predicted molar refractivity (Wildman–Crippen MR) is 117 cm³/mol. The first kappa shape index (κ1) is 20.9. The molecule has 1 N–H and O–H groups in total. The number of benzene rings is 3. The highest BCUT2D eigenvalue weighted by molar-refractivity contribution is 5.71. The van der Waals surface area contributed by atoms with Crippen LogP contribution in [0, 0.1) is 11.7 Å². The van der Waals surface area contributed by atoms with Gasteiger partial charge in [-0.25, -0.2) is 4.39 Å². The third-order valence-corrected chi connectivity index (χ3v) is 5.67. The molecule has 1 atom stereocenters. The van der Waals surface area contributed by atoms with Crippen LogP contribution < -0.4 is 9.47 Å². The number of hydrogen-bond acceptors (Lipinski definition) is 3. The average molecular weight is 420 g/mol. The molecule has 1 unspecified atom stereocenters. The van der Waals surface area contributed by atoms with Gasteiger partial charge in [0.1, 0.15) is 23.9 Å². The minimum Gasteiger partial charge on any atom is -0.494 e. The van der Waals surface area contributed by atoms with E-state index in [9.17, 15) is 14.3 Å². The highest BCUT2D eigenvalue weighted by Crippen LogP contribution is 2.30. The normalized spacial score (nSPS) is 15.2. The molecule has 0 bridgehead atoms. The summed E-state index contributed by atoms with van der Waals surface area (Å²) in [6, 6.07) is 18.3. The van der Waals surface area contributed by atoms with Crippen LogP contribution >= 0.6 is 0 Å². The lowest BCUT2D eigenvalue weighted by Gasteiger charge is -2.22. The van der Waals surface area contributed by atoms with Gasteiger partial charge in [0.25, 0.3) is 0 Å². The Morgan fingerprint density at radius 3 is 2.48 bits per heavy atom. The fourth-order valence-corrected chi connectivity index (χ4v) is 3.96. The second kappa shape index (κ2) is 9.21. The second-order valence-corrected chi connectivity index (χ2v) is 7.77. The molecule has 0 aliphatic heterocycles. The van der Waals surface area contributed by atoms with Crippen molar-refractivity contribution < 1.29 is 23.8 Å². The molecule has 0 aromatic heterocycles. The summed E-state index contributed by atoms with van der Waals surface area (Å²) >= 11 is 0. The summed E-state index contributed by atoms with van der Waals surface area (Å²) in [6.45, 7) is 2.83. The van der Waals surface area contributed by atoms with Gasteiger partial charge < -0.3 is 14.6 Å². The molecule has 31 heavy (non-hydrogen) atoms. The van der Waals surface area contributed by atoms with E-state index in [0.717, 1.165) is 34.4 Å². The van der Waals surface area contributed by atoms with Crippen molar-refractivity contribution >= 4 is 5.97 Å². The van der Waals surface area contributed by atoms with Crippen LogP contribution in [0.4, 0.5) is 4.39 Å². The zero-order valence-electron chi connectivity index (χ0n) is 17.4. The number of aryl methyl sites for hydroxylation is 1. The molecule has 3 aromatic rings. The van der Waals surface area contributed by atoms with E-state index in [2.05, 4.69) is 0 Å². The molecule has 1 aliphatic carbocycles. The monoisotopic (exact) mass is 420 g/mol. The van der Waals surface area contributed by atoms with Gasteiger partial charge in [0.15, 0.2) is 0 Å². The van der Waals surface area contributed by atoms with E-state index in [1.54, 1.807) is 12.1 Å². The summed E-state index contributed by atoms with van der Waals surface area (Å²) in [6.07, 6.45) is 1.99. The number of carbonyl (C=O) groups is 1. The van der Waals surface area contributed by atoms with Crippen molar-refractivity contribution in [1.29, 1.82) is 0 Å². The summed E-state index contributed by atoms with van der Waals surface area (Å²) in [5.74, 6) is 0.114. The number of aliphatic carboxylic acids is 1. The first-order valence-corrected chi connectivity index (χ1v) is 10.5. The minimum atomic E-state index is -0.723. The van der Waals surface area contributed by atoms with Crippen molar-refractivity contribution in [1.82, 2.24) is 0 Å². The van der Waals surface area contributed by atoms with Crippen LogP contribution in [0.15, 0.2) is 60.7 Å². The van der Waals surface area contributed by atoms with Gasteiger partial charge in [-0.1, -0.05) is 30.3 Å². The quantitative estimate of drug-likeness (QED) is 0.536. The van der Waals surface area contributed by atoms with Gasteiger partial charge in [0.05, 0.1) is 12.5 Å². The Morgan fingerprint density at radius 2 is 1.74 bits per heavy atom. The van der Waals surface area contributed by atoms with E-state index >= 15 is 0 Å². The number of hydrogen-bond donors (Lipinski definition) is 1. The predicted octanol–water partition coefficient (Wildman–Crippen LogP) is 5.66. The molecule has 0 radical (unpaired) electrons. The van der Waals surface area contributed by atoms with Crippen LogP contribution in [0.1, 0.15) is 30.0 Å². The molecule has 5 heteroatoms. The molecule has 4 nitrogen and oxygen atoms in total. The lowest BCUT2D eigenvalue weighted by atomic mass is 9.84. The van der Waals surface area contributed by atoms with Gasteiger partial charge in [0, 0.05) is 5.56 Å². The van der Waals surface area contributed by atoms with Crippen LogP contribution in [0.5, 0.6) is 11.5 Å². The SMILES string of the molecule is CCOc1ccc(F)c(-c2ccc(COc3ccc4c(c3)CCC(C(=O)O)C4)cc2)c1. The van der Waals surface area contributed by atoms with Crippen molar-refractivity contribution in [2.45, 2.75) is 32.8 Å². The minimum absolute atomic E-state index is 0.286. The molecule has 0 saturated carbocycles. The van der Waals surface area contributed by atoms with Crippen molar-refractivity contribution in [2.75, 3.05) is 6.61 Å². The zero-order chi connectivity index (χ0) is 21.8. The zero-order valence-corrected chi connectivity index (χ0v) is 17.4. The smallest absolute Gasteiger partial charge is 0.306 e. The van der Waals surface area contributed by atoms with Crippen molar-refractivity contribution in [3.8, 4) is 22.6 Å². The number of rotatable bonds is 7. The average Bonchev–Trinajstić information content (AvgIpc) is 2.79. The molecule has 0 amide bonds. The maximum absolute atomic E-state index is 14.3. The molecule has 0 saturated heterocycles. The maximum atomic E-state index is 14.3. The number of ether oxygens (including phenoxy) is 2. The Balaban J connectivity index is 1.41. The van der Waals surface area contributed by atoms with Gasteiger partial charge >= 0.3 is 5.97 Å². The number of fused-ring (bicyclic) bond motifs is 1. The Hall–Kier alpha value is -3.34. The molecule has 3 aromatic carbocycles. The highest BCUT2D eigenvalue weighted by Gasteiger charge is 2.24. The summed E-state index contributed by atoms with van der Waals surface area (Å²) in [4.78, 5) is 11.2. The van der Waals surface area contributed by atoms with E-state index in [0.29, 0.717) is 37.4 Å². The Kier molecular flexibility index (Phi) is 6.21. The maximum Gasteiger partial charge on any atom is 0.306 e. The molecule has 160 valence electrons. The van der Waals surface area contributed by atoms with E-state index in [1.165, 1.54) is 6.07 Å².